The Labute approximate surface area is 81.2 Å². The molecule has 0 aromatic heterocycles. The molecule has 0 saturated carbocycles. The minimum absolute atomic E-state index is 0.199. The highest BCUT2D eigenvalue weighted by molar-refractivity contribution is 5.29. The fraction of sp³-hybridized carbons (Fsp3) is 0.600. The van der Waals surface area contributed by atoms with Crippen molar-refractivity contribution >= 4 is 0 Å². The highest BCUT2D eigenvalue weighted by Crippen LogP contribution is 2.40. The lowest BCUT2D eigenvalue weighted by Crippen LogP contribution is -2.16. The molecular formula is C10H12F2O2. The first kappa shape index (κ1) is 9.49. The highest BCUT2D eigenvalue weighted by Gasteiger charge is 2.45. The third-order valence-corrected chi connectivity index (χ3v) is 2.44. The van der Waals surface area contributed by atoms with Gasteiger partial charge in [0.05, 0.1) is 0 Å². The van der Waals surface area contributed by atoms with Gasteiger partial charge in [-0.2, -0.15) is 0 Å². The number of allylic oxidation sites excluding steroid dienone is 3. The van der Waals surface area contributed by atoms with E-state index in [1.54, 1.807) is 6.08 Å². The first-order chi connectivity index (χ1) is 6.48. The summed E-state index contributed by atoms with van der Waals surface area (Å²) in [7, 11) is 0. The van der Waals surface area contributed by atoms with Crippen molar-refractivity contribution in [1.82, 2.24) is 0 Å². The summed E-state index contributed by atoms with van der Waals surface area (Å²) in [6.07, 6.45) is -0.511. The Bertz CT molecular complexity index is 316. The van der Waals surface area contributed by atoms with Crippen LogP contribution in [-0.2, 0) is 9.47 Å². The molecule has 78 valence electrons. The Morgan fingerprint density at radius 2 is 2.00 bits per heavy atom. The van der Waals surface area contributed by atoms with E-state index in [0.29, 0.717) is 12.3 Å². The lowest BCUT2D eigenvalue weighted by molar-refractivity contribution is -0.336. The molecule has 0 atom stereocenters. The number of halogens is 2. The normalized spacial score (nSPS) is 24.2. The van der Waals surface area contributed by atoms with Gasteiger partial charge in [0.1, 0.15) is 5.76 Å². The molecule has 0 bridgehead atoms. The Morgan fingerprint density at radius 1 is 1.29 bits per heavy atom. The van der Waals surface area contributed by atoms with Crippen molar-refractivity contribution in [2.75, 3.05) is 0 Å². The predicted octanol–water partition coefficient (Wildman–Crippen LogP) is 3.17. The van der Waals surface area contributed by atoms with Crippen LogP contribution < -0.4 is 0 Å². The number of hydrogen-bond donors (Lipinski definition) is 0. The van der Waals surface area contributed by atoms with E-state index in [4.69, 9.17) is 0 Å². The van der Waals surface area contributed by atoms with Crippen LogP contribution in [0, 0.1) is 5.92 Å². The van der Waals surface area contributed by atoms with Gasteiger partial charge in [0.15, 0.2) is 5.76 Å². The summed E-state index contributed by atoms with van der Waals surface area (Å²) in [4.78, 5) is 0. The molecule has 4 heteroatoms. The van der Waals surface area contributed by atoms with Crippen LogP contribution in [0.25, 0.3) is 0 Å². The highest BCUT2D eigenvalue weighted by atomic mass is 19.3. The zero-order valence-corrected chi connectivity index (χ0v) is 8.14. The summed E-state index contributed by atoms with van der Waals surface area (Å²) in [5, 5.41) is 0. The largest absolute Gasteiger partial charge is 0.585 e. The number of alkyl halides is 2. The SMILES string of the molecule is CC(C)C1=CC2=C(CC1)OC(F)(F)O2. The van der Waals surface area contributed by atoms with E-state index in [0.717, 1.165) is 12.0 Å². The summed E-state index contributed by atoms with van der Waals surface area (Å²) < 4.78 is 34.1. The molecule has 1 heterocycles. The molecule has 2 rings (SSSR count). The van der Waals surface area contributed by atoms with Gasteiger partial charge in [-0.05, 0) is 18.4 Å². The zero-order chi connectivity index (χ0) is 10.3. The summed E-state index contributed by atoms with van der Waals surface area (Å²) in [5.74, 6) is 0.839. The number of ether oxygens (including phenoxy) is 2. The van der Waals surface area contributed by atoms with Crippen molar-refractivity contribution in [1.29, 1.82) is 0 Å². The van der Waals surface area contributed by atoms with E-state index in [2.05, 4.69) is 9.47 Å². The van der Waals surface area contributed by atoms with E-state index in [1.165, 1.54) is 0 Å². The molecule has 0 fully saturated rings. The first-order valence-corrected chi connectivity index (χ1v) is 4.67. The second kappa shape index (κ2) is 2.97. The lowest BCUT2D eigenvalue weighted by atomic mass is 9.93. The van der Waals surface area contributed by atoms with E-state index < -0.39 is 6.29 Å². The van der Waals surface area contributed by atoms with Gasteiger partial charge in [0.25, 0.3) is 0 Å². The number of hydrogen-bond acceptors (Lipinski definition) is 2. The molecule has 0 amide bonds. The molecule has 0 radical (unpaired) electrons. The molecule has 2 nitrogen and oxygen atoms in total. The second-order valence-corrected chi connectivity index (χ2v) is 3.83. The summed E-state index contributed by atoms with van der Waals surface area (Å²) in [6.45, 7) is 4.07. The second-order valence-electron chi connectivity index (χ2n) is 3.83. The maximum atomic E-state index is 12.7. The molecule has 0 spiro atoms. The van der Waals surface area contributed by atoms with Gasteiger partial charge in [-0.1, -0.05) is 19.4 Å². The van der Waals surface area contributed by atoms with Crippen molar-refractivity contribution in [2.45, 2.75) is 33.0 Å². The summed E-state index contributed by atoms with van der Waals surface area (Å²) in [5.41, 5.74) is 1.13. The molecule has 2 aliphatic rings. The Balaban J connectivity index is 2.21. The predicted molar refractivity (Wildman–Crippen MR) is 46.3 cm³/mol. The van der Waals surface area contributed by atoms with Crippen molar-refractivity contribution in [3.8, 4) is 0 Å². The van der Waals surface area contributed by atoms with Gasteiger partial charge in [0, 0.05) is 6.42 Å². The standard InChI is InChI=1S/C10H12F2O2/c1-6(2)7-3-4-8-9(5-7)14-10(11,12)13-8/h5-6H,3-4H2,1-2H3. The van der Waals surface area contributed by atoms with Gasteiger partial charge in [-0.3, -0.25) is 0 Å². The van der Waals surface area contributed by atoms with Crippen LogP contribution in [0.1, 0.15) is 26.7 Å². The van der Waals surface area contributed by atoms with Crippen LogP contribution in [0.5, 0.6) is 0 Å². The van der Waals surface area contributed by atoms with E-state index in [9.17, 15) is 8.78 Å². The van der Waals surface area contributed by atoms with Gasteiger partial charge in [0.2, 0.25) is 0 Å². The quantitative estimate of drug-likeness (QED) is 0.650. The Morgan fingerprint density at radius 3 is 2.64 bits per heavy atom. The fourth-order valence-electron chi connectivity index (χ4n) is 1.64. The van der Waals surface area contributed by atoms with E-state index >= 15 is 0 Å². The molecule has 0 aromatic carbocycles. The van der Waals surface area contributed by atoms with Crippen molar-refractivity contribution in [2.24, 2.45) is 5.92 Å². The van der Waals surface area contributed by atoms with E-state index in [-0.39, 0.29) is 11.5 Å². The zero-order valence-electron chi connectivity index (χ0n) is 8.14. The van der Waals surface area contributed by atoms with Crippen LogP contribution in [0.3, 0.4) is 0 Å². The van der Waals surface area contributed by atoms with Gasteiger partial charge < -0.3 is 9.47 Å². The average molecular weight is 202 g/mol. The van der Waals surface area contributed by atoms with Crippen LogP contribution in [0.2, 0.25) is 0 Å². The van der Waals surface area contributed by atoms with Gasteiger partial charge in [-0.25, -0.2) is 0 Å². The van der Waals surface area contributed by atoms with Crippen molar-refractivity contribution in [3.63, 3.8) is 0 Å². The van der Waals surface area contributed by atoms with Gasteiger partial charge >= 0.3 is 6.29 Å². The Hall–Kier alpha value is -1.06. The van der Waals surface area contributed by atoms with E-state index in [1.807, 2.05) is 13.8 Å². The van der Waals surface area contributed by atoms with Crippen molar-refractivity contribution < 1.29 is 18.3 Å². The molecule has 0 saturated heterocycles. The van der Waals surface area contributed by atoms with Crippen molar-refractivity contribution in [3.05, 3.63) is 23.2 Å². The summed E-state index contributed by atoms with van der Waals surface area (Å²) in [6, 6.07) is 0. The third-order valence-electron chi connectivity index (χ3n) is 2.44. The maximum absolute atomic E-state index is 12.7. The monoisotopic (exact) mass is 202 g/mol. The topological polar surface area (TPSA) is 18.5 Å². The fourth-order valence-corrected chi connectivity index (χ4v) is 1.64. The molecule has 0 N–H and O–H groups in total. The maximum Gasteiger partial charge on any atom is 0.585 e. The minimum atomic E-state index is -3.46. The molecule has 1 aliphatic heterocycles. The summed E-state index contributed by atoms with van der Waals surface area (Å²) >= 11 is 0. The molecule has 0 aromatic rings. The lowest BCUT2D eigenvalue weighted by Gasteiger charge is -2.14. The third kappa shape index (κ3) is 1.61. The Kier molecular flexibility index (Phi) is 2.01. The molecular weight excluding hydrogens is 190 g/mol. The van der Waals surface area contributed by atoms with Crippen LogP contribution in [0.4, 0.5) is 8.78 Å². The smallest absolute Gasteiger partial charge is 0.400 e. The van der Waals surface area contributed by atoms with Crippen LogP contribution in [-0.4, -0.2) is 6.29 Å². The molecule has 0 unspecified atom stereocenters. The van der Waals surface area contributed by atoms with Gasteiger partial charge in [-0.15, -0.1) is 8.78 Å². The van der Waals surface area contributed by atoms with Crippen LogP contribution >= 0.6 is 0 Å². The first-order valence-electron chi connectivity index (χ1n) is 4.67. The molecule has 14 heavy (non-hydrogen) atoms. The number of rotatable bonds is 1. The average Bonchev–Trinajstić information content (AvgIpc) is 2.36. The molecule has 1 aliphatic carbocycles. The minimum Gasteiger partial charge on any atom is -0.400 e. The van der Waals surface area contributed by atoms with Crippen LogP contribution in [0.15, 0.2) is 23.2 Å².